The maximum Gasteiger partial charge on any atom is 0.247 e. The summed E-state index contributed by atoms with van der Waals surface area (Å²) in [4.78, 5) is 12.7. The minimum Gasteiger partial charge on any atom is -0.324 e. The first kappa shape index (κ1) is 21.0. The lowest BCUT2D eigenvalue weighted by Crippen LogP contribution is -2.45. The molecule has 0 aliphatic heterocycles. The molecule has 0 bridgehead atoms. The fourth-order valence-electron chi connectivity index (χ4n) is 3.08. The van der Waals surface area contributed by atoms with Gasteiger partial charge in [0.15, 0.2) is 0 Å². The van der Waals surface area contributed by atoms with Crippen molar-refractivity contribution in [1.82, 2.24) is 0 Å². The molecule has 0 aromatic heterocycles. The van der Waals surface area contributed by atoms with Crippen LogP contribution < -0.4 is 9.62 Å². The number of sulfonamides is 1. The van der Waals surface area contributed by atoms with Crippen molar-refractivity contribution in [2.24, 2.45) is 0 Å². The third-order valence-corrected chi connectivity index (χ3v) is 5.64. The predicted octanol–water partition coefficient (Wildman–Crippen LogP) is 4.22. The van der Waals surface area contributed by atoms with E-state index in [-0.39, 0.29) is 5.91 Å². The van der Waals surface area contributed by atoms with Crippen molar-refractivity contribution in [2.45, 2.75) is 46.6 Å². The number of rotatable bonds is 6. The topological polar surface area (TPSA) is 66.5 Å². The van der Waals surface area contributed by atoms with E-state index >= 15 is 0 Å². The molecule has 0 fully saturated rings. The van der Waals surface area contributed by atoms with Crippen LogP contribution in [0.3, 0.4) is 0 Å². The lowest BCUT2D eigenvalue weighted by Gasteiger charge is -2.28. The third-order valence-electron chi connectivity index (χ3n) is 4.39. The monoisotopic (exact) mass is 388 g/mol. The molecule has 146 valence electrons. The fourth-order valence-corrected chi connectivity index (χ4v) is 4.24. The van der Waals surface area contributed by atoms with Gasteiger partial charge in [-0.1, -0.05) is 32.0 Å². The van der Waals surface area contributed by atoms with Crippen molar-refractivity contribution in [3.05, 3.63) is 59.2 Å². The van der Waals surface area contributed by atoms with Crippen molar-refractivity contribution in [1.29, 1.82) is 0 Å². The Morgan fingerprint density at radius 1 is 0.963 bits per heavy atom. The van der Waals surface area contributed by atoms with Crippen LogP contribution in [0.2, 0.25) is 0 Å². The number of nitrogens with one attached hydrogen (secondary N) is 1. The average Bonchev–Trinajstić information content (AvgIpc) is 2.53. The van der Waals surface area contributed by atoms with E-state index in [0.717, 1.165) is 17.4 Å². The molecule has 0 saturated carbocycles. The van der Waals surface area contributed by atoms with Gasteiger partial charge in [0.25, 0.3) is 0 Å². The van der Waals surface area contributed by atoms with Crippen LogP contribution in [-0.4, -0.2) is 26.6 Å². The molecule has 5 nitrogen and oxygen atoms in total. The van der Waals surface area contributed by atoms with Crippen LogP contribution in [0.5, 0.6) is 0 Å². The number of anilines is 2. The highest BCUT2D eigenvalue weighted by atomic mass is 32.2. The summed E-state index contributed by atoms with van der Waals surface area (Å²) in [5.41, 5.74) is 4.19. The predicted molar refractivity (Wildman–Crippen MR) is 112 cm³/mol. The van der Waals surface area contributed by atoms with E-state index in [2.05, 4.69) is 19.2 Å². The fraction of sp³-hybridized carbons (Fsp3) is 0.381. The highest BCUT2D eigenvalue weighted by Crippen LogP contribution is 2.25. The molecule has 0 heterocycles. The first-order valence-electron chi connectivity index (χ1n) is 8.97. The molecule has 1 unspecified atom stereocenters. The summed E-state index contributed by atoms with van der Waals surface area (Å²) in [5.74, 6) is 0.0239. The molecule has 6 heteroatoms. The highest BCUT2D eigenvalue weighted by Gasteiger charge is 2.29. The summed E-state index contributed by atoms with van der Waals surface area (Å²) in [6.45, 7) is 9.60. The van der Waals surface area contributed by atoms with Crippen molar-refractivity contribution >= 4 is 27.3 Å². The Kier molecular flexibility index (Phi) is 6.31. The SMILES string of the molecule is Cc1cc(C)cc(N(C(C)C(=O)Nc2ccc(C(C)C)cc2)S(C)(=O)=O)c1. The van der Waals surface area contributed by atoms with Crippen LogP contribution >= 0.6 is 0 Å². The number of carbonyl (C=O) groups excluding carboxylic acids is 1. The van der Waals surface area contributed by atoms with E-state index in [0.29, 0.717) is 17.3 Å². The van der Waals surface area contributed by atoms with Gasteiger partial charge in [0.2, 0.25) is 15.9 Å². The lowest BCUT2D eigenvalue weighted by atomic mass is 10.0. The summed E-state index contributed by atoms with van der Waals surface area (Å²) >= 11 is 0. The molecule has 2 aromatic rings. The quantitative estimate of drug-likeness (QED) is 0.806. The third kappa shape index (κ3) is 5.32. The maximum absolute atomic E-state index is 12.7. The van der Waals surface area contributed by atoms with Crippen molar-refractivity contribution in [3.63, 3.8) is 0 Å². The zero-order valence-electron chi connectivity index (χ0n) is 16.8. The molecule has 1 atom stereocenters. The molecular weight excluding hydrogens is 360 g/mol. The van der Waals surface area contributed by atoms with E-state index in [1.165, 1.54) is 9.87 Å². The minimum absolute atomic E-state index is 0.378. The van der Waals surface area contributed by atoms with Crippen LogP contribution in [0.25, 0.3) is 0 Å². The Bertz CT molecular complexity index is 899. The van der Waals surface area contributed by atoms with Crippen LogP contribution in [0.1, 0.15) is 43.4 Å². The summed E-state index contributed by atoms with van der Waals surface area (Å²) in [7, 11) is -3.63. The summed E-state index contributed by atoms with van der Waals surface area (Å²) in [6.07, 6.45) is 1.12. The molecule has 0 saturated heterocycles. The molecule has 2 rings (SSSR count). The average molecular weight is 389 g/mol. The van der Waals surface area contributed by atoms with Crippen LogP contribution in [-0.2, 0) is 14.8 Å². The molecule has 2 aromatic carbocycles. The number of amides is 1. The maximum atomic E-state index is 12.7. The molecule has 0 radical (unpaired) electrons. The van der Waals surface area contributed by atoms with Gasteiger partial charge in [-0.05, 0) is 67.6 Å². The Balaban J connectivity index is 2.29. The molecule has 1 N–H and O–H groups in total. The van der Waals surface area contributed by atoms with Gasteiger partial charge in [-0.3, -0.25) is 9.10 Å². The van der Waals surface area contributed by atoms with E-state index in [4.69, 9.17) is 0 Å². The number of carbonyl (C=O) groups is 1. The first-order chi connectivity index (χ1) is 12.5. The smallest absolute Gasteiger partial charge is 0.247 e. The van der Waals surface area contributed by atoms with Gasteiger partial charge >= 0.3 is 0 Å². The summed E-state index contributed by atoms with van der Waals surface area (Å²) in [6, 6.07) is 12.2. The normalized spacial score (nSPS) is 12.7. The van der Waals surface area contributed by atoms with Crippen LogP contribution in [0, 0.1) is 13.8 Å². The van der Waals surface area contributed by atoms with E-state index in [9.17, 15) is 13.2 Å². The Labute approximate surface area is 162 Å². The number of aryl methyl sites for hydroxylation is 2. The Morgan fingerprint density at radius 3 is 1.93 bits per heavy atom. The van der Waals surface area contributed by atoms with Gasteiger partial charge in [-0.25, -0.2) is 8.42 Å². The largest absolute Gasteiger partial charge is 0.324 e. The number of nitrogens with zero attached hydrogens (tertiary/aromatic N) is 1. The Hall–Kier alpha value is -2.34. The molecule has 27 heavy (non-hydrogen) atoms. The molecule has 1 amide bonds. The number of benzene rings is 2. The van der Waals surface area contributed by atoms with Gasteiger partial charge in [0, 0.05) is 5.69 Å². The van der Waals surface area contributed by atoms with Gasteiger partial charge < -0.3 is 5.32 Å². The van der Waals surface area contributed by atoms with Crippen molar-refractivity contribution in [2.75, 3.05) is 15.9 Å². The molecule has 0 aliphatic rings. The lowest BCUT2D eigenvalue weighted by molar-refractivity contribution is -0.116. The standard InChI is InChI=1S/C21H28N2O3S/c1-14(2)18-7-9-19(10-8-18)22-21(24)17(5)23(27(6,25)26)20-12-15(3)11-16(4)13-20/h7-14,17H,1-6H3,(H,22,24). The highest BCUT2D eigenvalue weighted by molar-refractivity contribution is 7.92. The molecular formula is C21H28N2O3S. The number of hydrogen-bond acceptors (Lipinski definition) is 3. The second-order valence-corrected chi connectivity index (χ2v) is 9.21. The van der Waals surface area contributed by atoms with E-state index in [1.54, 1.807) is 19.1 Å². The van der Waals surface area contributed by atoms with Crippen molar-refractivity contribution < 1.29 is 13.2 Å². The van der Waals surface area contributed by atoms with Gasteiger partial charge in [0.05, 0.1) is 11.9 Å². The van der Waals surface area contributed by atoms with Crippen LogP contribution in [0.4, 0.5) is 11.4 Å². The second-order valence-electron chi connectivity index (χ2n) is 7.35. The summed E-state index contributed by atoms with van der Waals surface area (Å²) < 4.78 is 26.0. The van der Waals surface area contributed by atoms with Gasteiger partial charge in [0.1, 0.15) is 6.04 Å². The minimum atomic E-state index is -3.63. The second kappa shape index (κ2) is 8.13. The van der Waals surface area contributed by atoms with Gasteiger partial charge in [-0.15, -0.1) is 0 Å². The number of hydrogen-bond donors (Lipinski definition) is 1. The van der Waals surface area contributed by atoms with Gasteiger partial charge in [-0.2, -0.15) is 0 Å². The molecule has 0 aliphatic carbocycles. The summed E-state index contributed by atoms with van der Waals surface area (Å²) in [5, 5.41) is 2.81. The Morgan fingerprint density at radius 2 is 1.48 bits per heavy atom. The first-order valence-corrected chi connectivity index (χ1v) is 10.8. The molecule has 0 spiro atoms. The van der Waals surface area contributed by atoms with E-state index < -0.39 is 16.1 Å². The zero-order chi connectivity index (χ0) is 20.4. The van der Waals surface area contributed by atoms with Crippen LogP contribution in [0.15, 0.2) is 42.5 Å². The van der Waals surface area contributed by atoms with E-state index in [1.807, 2.05) is 44.2 Å². The van der Waals surface area contributed by atoms with Crippen molar-refractivity contribution in [3.8, 4) is 0 Å². The zero-order valence-corrected chi connectivity index (χ0v) is 17.6.